The van der Waals surface area contributed by atoms with E-state index in [0.717, 1.165) is 23.7 Å². The van der Waals surface area contributed by atoms with Crippen LogP contribution in [0.15, 0.2) is 59.5 Å². The number of anilines is 1. The normalized spacial score (nSPS) is 16.1. The summed E-state index contributed by atoms with van der Waals surface area (Å²) in [4.78, 5) is 17.9. The van der Waals surface area contributed by atoms with Crippen LogP contribution in [0.2, 0.25) is 0 Å². The van der Waals surface area contributed by atoms with Crippen LogP contribution in [-0.2, 0) is 4.79 Å². The molecule has 1 atom stereocenters. The third-order valence-electron chi connectivity index (χ3n) is 4.19. The van der Waals surface area contributed by atoms with Crippen LogP contribution in [0.25, 0.3) is 0 Å². The Bertz CT molecular complexity index is 670. The van der Waals surface area contributed by atoms with Gasteiger partial charge in [-0.2, -0.15) is 0 Å². The second kappa shape index (κ2) is 7.71. The van der Waals surface area contributed by atoms with Gasteiger partial charge in [-0.15, -0.1) is 11.8 Å². The number of rotatable bonds is 4. The molecule has 1 amide bonds. The van der Waals surface area contributed by atoms with Crippen molar-refractivity contribution >= 4 is 23.4 Å². The van der Waals surface area contributed by atoms with Gasteiger partial charge in [0.25, 0.3) is 0 Å². The van der Waals surface area contributed by atoms with Crippen molar-refractivity contribution in [3.05, 3.63) is 60.4 Å². The summed E-state index contributed by atoms with van der Waals surface area (Å²) in [5.74, 6) is -0.0399. The van der Waals surface area contributed by atoms with Crippen LogP contribution >= 0.6 is 11.8 Å². The van der Waals surface area contributed by atoms with Gasteiger partial charge in [-0.3, -0.25) is 4.79 Å². The Kier molecular flexibility index (Phi) is 5.41. The maximum atomic E-state index is 13.0. The molecular formula is C19H21FN2OS. The maximum Gasteiger partial charge on any atom is 0.235 e. The topological polar surface area (TPSA) is 23.6 Å². The van der Waals surface area contributed by atoms with Crippen molar-refractivity contribution in [3.8, 4) is 0 Å². The molecule has 0 N–H and O–H groups in total. The van der Waals surface area contributed by atoms with Crippen LogP contribution in [0, 0.1) is 5.82 Å². The average Bonchev–Trinajstić information content (AvgIpc) is 2.63. The van der Waals surface area contributed by atoms with Gasteiger partial charge in [0.2, 0.25) is 5.91 Å². The zero-order chi connectivity index (χ0) is 16.9. The van der Waals surface area contributed by atoms with Gasteiger partial charge in [-0.05, 0) is 43.3 Å². The molecule has 0 unspecified atom stereocenters. The number of halogens is 1. The Morgan fingerprint density at radius 3 is 2.25 bits per heavy atom. The van der Waals surface area contributed by atoms with E-state index in [1.54, 1.807) is 23.9 Å². The molecule has 0 spiro atoms. The lowest BCUT2D eigenvalue weighted by Crippen LogP contribution is -2.50. The third kappa shape index (κ3) is 4.09. The third-order valence-corrected chi connectivity index (χ3v) is 5.29. The summed E-state index contributed by atoms with van der Waals surface area (Å²) < 4.78 is 13.0. The summed E-state index contributed by atoms with van der Waals surface area (Å²) in [6.07, 6.45) is 0. The van der Waals surface area contributed by atoms with E-state index < -0.39 is 0 Å². The molecule has 0 bridgehead atoms. The second-order valence-electron chi connectivity index (χ2n) is 5.86. The Morgan fingerprint density at radius 1 is 1.00 bits per heavy atom. The molecule has 1 aliphatic rings. The number of nitrogens with zero attached hydrogens (tertiary/aromatic N) is 2. The molecule has 5 heteroatoms. The maximum absolute atomic E-state index is 13.0. The van der Waals surface area contributed by atoms with Gasteiger partial charge in [-0.1, -0.05) is 18.2 Å². The molecule has 24 heavy (non-hydrogen) atoms. The monoisotopic (exact) mass is 344 g/mol. The van der Waals surface area contributed by atoms with Crippen molar-refractivity contribution in [2.45, 2.75) is 17.1 Å². The van der Waals surface area contributed by atoms with Gasteiger partial charge >= 0.3 is 0 Å². The highest BCUT2D eigenvalue weighted by Gasteiger charge is 2.25. The van der Waals surface area contributed by atoms with E-state index >= 15 is 0 Å². The molecular weight excluding hydrogens is 323 g/mol. The summed E-state index contributed by atoms with van der Waals surface area (Å²) in [5.41, 5.74) is 1.01. The number of benzene rings is 2. The van der Waals surface area contributed by atoms with Gasteiger partial charge < -0.3 is 9.80 Å². The molecule has 2 aromatic carbocycles. The molecule has 1 heterocycles. The first-order valence-electron chi connectivity index (χ1n) is 8.14. The summed E-state index contributed by atoms with van der Waals surface area (Å²) in [7, 11) is 0. The molecule has 3 rings (SSSR count). The van der Waals surface area contributed by atoms with Crippen molar-refractivity contribution in [1.82, 2.24) is 4.90 Å². The van der Waals surface area contributed by atoms with Crippen molar-refractivity contribution in [2.24, 2.45) is 0 Å². The summed E-state index contributed by atoms with van der Waals surface area (Å²) in [5, 5.41) is -0.0928. The minimum absolute atomic E-state index is 0.0928. The highest BCUT2D eigenvalue weighted by Crippen LogP contribution is 2.25. The Morgan fingerprint density at radius 2 is 1.62 bits per heavy atom. The van der Waals surface area contributed by atoms with Gasteiger partial charge in [0.1, 0.15) is 5.82 Å². The fourth-order valence-electron chi connectivity index (χ4n) is 2.85. The van der Waals surface area contributed by atoms with Crippen LogP contribution in [-0.4, -0.2) is 42.2 Å². The number of hydrogen-bond acceptors (Lipinski definition) is 3. The first-order valence-corrected chi connectivity index (χ1v) is 9.02. The number of amides is 1. The minimum Gasteiger partial charge on any atom is -0.368 e. The molecule has 1 saturated heterocycles. The van der Waals surface area contributed by atoms with E-state index in [1.165, 1.54) is 12.1 Å². The van der Waals surface area contributed by atoms with E-state index in [1.807, 2.05) is 42.2 Å². The zero-order valence-electron chi connectivity index (χ0n) is 13.7. The highest BCUT2D eigenvalue weighted by atomic mass is 32.2. The first kappa shape index (κ1) is 16.8. The predicted octanol–water partition coefficient (Wildman–Crippen LogP) is 3.66. The van der Waals surface area contributed by atoms with Crippen LogP contribution in [0.1, 0.15) is 6.92 Å². The van der Waals surface area contributed by atoms with Crippen molar-refractivity contribution < 1.29 is 9.18 Å². The summed E-state index contributed by atoms with van der Waals surface area (Å²) >= 11 is 1.60. The molecule has 0 aliphatic carbocycles. The number of hydrogen-bond donors (Lipinski definition) is 0. The highest BCUT2D eigenvalue weighted by molar-refractivity contribution is 8.00. The van der Waals surface area contributed by atoms with Gasteiger partial charge in [0.05, 0.1) is 5.25 Å². The van der Waals surface area contributed by atoms with Crippen LogP contribution in [0.4, 0.5) is 10.1 Å². The fourth-order valence-corrected chi connectivity index (χ4v) is 3.82. The molecule has 0 saturated carbocycles. The fraction of sp³-hybridized carbons (Fsp3) is 0.316. The van der Waals surface area contributed by atoms with E-state index in [9.17, 15) is 9.18 Å². The first-order chi connectivity index (χ1) is 11.6. The number of thioether (sulfide) groups is 1. The van der Waals surface area contributed by atoms with E-state index in [4.69, 9.17) is 0 Å². The molecule has 1 aliphatic heterocycles. The number of piperazine rings is 1. The lowest BCUT2D eigenvalue weighted by Gasteiger charge is -2.37. The SMILES string of the molecule is C[C@@H](Sc1ccccc1)C(=O)N1CCN(c2ccc(F)cc2)CC1. The predicted molar refractivity (Wildman–Crippen MR) is 97.0 cm³/mol. The number of carbonyl (C=O) groups is 1. The van der Waals surface area contributed by atoms with Crippen molar-refractivity contribution in [1.29, 1.82) is 0 Å². The Labute approximate surface area is 146 Å². The van der Waals surface area contributed by atoms with Crippen LogP contribution < -0.4 is 4.90 Å². The molecule has 1 fully saturated rings. The average molecular weight is 344 g/mol. The largest absolute Gasteiger partial charge is 0.368 e. The second-order valence-corrected chi connectivity index (χ2v) is 7.28. The minimum atomic E-state index is -0.223. The molecule has 126 valence electrons. The van der Waals surface area contributed by atoms with Crippen molar-refractivity contribution in [3.63, 3.8) is 0 Å². The van der Waals surface area contributed by atoms with Crippen LogP contribution in [0.3, 0.4) is 0 Å². The lowest BCUT2D eigenvalue weighted by atomic mass is 10.2. The van der Waals surface area contributed by atoms with E-state index in [0.29, 0.717) is 13.1 Å². The lowest BCUT2D eigenvalue weighted by molar-refractivity contribution is -0.130. The zero-order valence-corrected chi connectivity index (χ0v) is 14.5. The quantitative estimate of drug-likeness (QED) is 0.791. The van der Waals surface area contributed by atoms with Gasteiger partial charge in [0, 0.05) is 36.8 Å². The Hall–Kier alpha value is -2.01. The van der Waals surface area contributed by atoms with Crippen molar-refractivity contribution in [2.75, 3.05) is 31.1 Å². The van der Waals surface area contributed by atoms with E-state index in [-0.39, 0.29) is 17.0 Å². The summed E-state index contributed by atoms with van der Waals surface area (Å²) in [6, 6.07) is 16.5. The van der Waals surface area contributed by atoms with E-state index in [2.05, 4.69) is 4.90 Å². The number of carbonyl (C=O) groups excluding carboxylic acids is 1. The summed E-state index contributed by atoms with van der Waals surface area (Å²) in [6.45, 7) is 4.93. The van der Waals surface area contributed by atoms with Gasteiger partial charge in [-0.25, -0.2) is 4.39 Å². The molecule has 3 nitrogen and oxygen atoms in total. The van der Waals surface area contributed by atoms with Gasteiger partial charge in [0.15, 0.2) is 0 Å². The molecule has 2 aromatic rings. The smallest absolute Gasteiger partial charge is 0.235 e. The van der Waals surface area contributed by atoms with Crippen LogP contribution in [0.5, 0.6) is 0 Å². The Balaban J connectivity index is 1.54. The standard InChI is InChI=1S/C19H21FN2OS/c1-15(24-18-5-3-2-4-6-18)19(23)22-13-11-21(12-14-22)17-9-7-16(20)8-10-17/h2-10,15H,11-14H2,1H3/t15-/m1/s1. The molecule has 0 aromatic heterocycles. The molecule has 0 radical (unpaired) electrons.